The van der Waals surface area contributed by atoms with Gasteiger partial charge < -0.3 is 10.6 Å². The topological polar surface area (TPSA) is 41.1 Å². The van der Waals surface area contributed by atoms with E-state index in [4.69, 9.17) is 0 Å². The number of nitrogens with one attached hydrogen (secondary N) is 2. The van der Waals surface area contributed by atoms with E-state index in [-0.39, 0.29) is 11.9 Å². The molecule has 1 unspecified atom stereocenters. The van der Waals surface area contributed by atoms with Gasteiger partial charge in [-0.1, -0.05) is 52.0 Å². The highest BCUT2D eigenvalue weighted by molar-refractivity contribution is 5.78. The van der Waals surface area contributed by atoms with Gasteiger partial charge in [0, 0.05) is 12.6 Å². The maximum absolute atomic E-state index is 11.7. The summed E-state index contributed by atoms with van der Waals surface area (Å²) in [6.45, 7) is 11.7. The second-order valence-electron chi connectivity index (χ2n) is 6.10. The van der Waals surface area contributed by atoms with Crippen molar-refractivity contribution < 1.29 is 4.79 Å². The van der Waals surface area contributed by atoms with Crippen LogP contribution in [0.4, 0.5) is 0 Å². The lowest BCUT2D eigenvalue weighted by molar-refractivity contribution is -0.121. The molecule has 1 rings (SSSR count). The predicted octanol–water partition coefficient (Wildman–Crippen LogP) is 3.06. The SMILES string of the molecule is CC(C)c1ccc(CNCC(=O)NC(C)C(C)C)cc1. The summed E-state index contributed by atoms with van der Waals surface area (Å²) in [6.07, 6.45) is 0. The largest absolute Gasteiger partial charge is 0.352 e. The Balaban J connectivity index is 2.32. The molecule has 0 aliphatic carbocycles. The third kappa shape index (κ3) is 5.74. The monoisotopic (exact) mass is 276 g/mol. The zero-order valence-corrected chi connectivity index (χ0v) is 13.4. The molecule has 0 saturated carbocycles. The van der Waals surface area contributed by atoms with Crippen LogP contribution >= 0.6 is 0 Å². The highest BCUT2D eigenvalue weighted by atomic mass is 16.1. The number of rotatable bonds is 7. The van der Waals surface area contributed by atoms with Crippen LogP contribution in [0.1, 0.15) is 51.7 Å². The second kappa shape index (κ2) is 8.05. The van der Waals surface area contributed by atoms with Gasteiger partial charge in [0.05, 0.1) is 6.54 Å². The molecule has 0 spiro atoms. The molecule has 0 bridgehead atoms. The molecule has 0 fully saturated rings. The standard InChI is InChI=1S/C17H28N2O/c1-12(2)14(5)19-17(20)11-18-10-15-6-8-16(9-7-15)13(3)4/h6-9,12-14,18H,10-11H2,1-5H3,(H,19,20). The van der Waals surface area contributed by atoms with Gasteiger partial charge >= 0.3 is 0 Å². The van der Waals surface area contributed by atoms with Crippen LogP contribution in [0, 0.1) is 5.92 Å². The number of hydrogen-bond donors (Lipinski definition) is 2. The van der Waals surface area contributed by atoms with Gasteiger partial charge in [0.25, 0.3) is 0 Å². The minimum absolute atomic E-state index is 0.0602. The third-order valence-electron chi connectivity index (χ3n) is 3.65. The summed E-state index contributed by atoms with van der Waals surface area (Å²) in [7, 11) is 0. The summed E-state index contributed by atoms with van der Waals surface area (Å²) in [5, 5.41) is 6.17. The molecule has 3 heteroatoms. The molecule has 1 amide bonds. The predicted molar refractivity (Wildman–Crippen MR) is 84.7 cm³/mol. The van der Waals surface area contributed by atoms with Crippen LogP contribution in [0.15, 0.2) is 24.3 Å². The molecule has 1 aromatic rings. The number of carbonyl (C=O) groups is 1. The fourth-order valence-corrected chi connectivity index (χ4v) is 1.81. The summed E-state index contributed by atoms with van der Waals surface area (Å²) >= 11 is 0. The minimum Gasteiger partial charge on any atom is -0.352 e. The van der Waals surface area contributed by atoms with E-state index in [1.54, 1.807) is 0 Å². The van der Waals surface area contributed by atoms with E-state index >= 15 is 0 Å². The summed E-state index contributed by atoms with van der Waals surface area (Å²) in [5.74, 6) is 1.08. The fraction of sp³-hybridized carbons (Fsp3) is 0.588. The first-order valence-electron chi connectivity index (χ1n) is 7.49. The normalized spacial score (nSPS) is 12.8. The van der Waals surface area contributed by atoms with E-state index in [2.05, 4.69) is 62.6 Å². The van der Waals surface area contributed by atoms with Gasteiger partial charge in [0.1, 0.15) is 0 Å². The number of carbonyl (C=O) groups excluding carboxylic acids is 1. The Labute approximate surface area is 123 Å². The van der Waals surface area contributed by atoms with Crippen LogP contribution in [-0.2, 0) is 11.3 Å². The van der Waals surface area contributed by atoms with Gasteiger partial charge in [-0.25, -0.2) is 0 Å². The van der Waals surface area contributed by atoms with Crippen LogP contribution in [0.5, 0.6) is 0 Å². The average Bonchev–Trinajstić information content (AvgIpc) is 2.39. The molecule has 2 N–H and O–H groups in total. The van der Waals surface area contributed by atoms with E-state index in [0.29, 0.717) is 18.4 Å². The van der Waals surface area contributed by atoms with Crippen molar-refractivity contribution in [2.75, 3.05) is 6.54 Å². The van der Waals surface area contributed by atoms with Gasteiger partial charge in [-0.3, -0.25) is 4.79 Å². The molecular formula is C17H28N2O. The van der Waals surface area contributed by atoms with Crippen molar-refractivity contribution in [2.24, 2.45) is 5.92 Å². The molecule has 0 radical (unpaired) electrons. The summed E-state index contributed by atoms with van der Waals surface area (Å²) in [5.41, 5.74) is 2.55. The van der Waals surface area contributed by atoms with Crippen LogP contribution in [0.3, 0.4) is 0 Å². The molecule has 0 aliphatic rings. The molecular weight excluding hydrogens is 248 g/mol. The van der Waals surface area contributed by atoms with E-state index in [0.717, 1.165) is 6.54 Å². The second-order valence-corrected chi connectivity index (χ2v) is 6.10. The lowest BCUT2D eigenvalue weighted by Gasteiger charge is -2.17. The Hall–Kier alpha value is -1.35. The van der Waals surface area contributed by atoms with Crippen molar-refractivity contribution >= 4 is 5.91 Å². The van der Waals surface area contributed by atoms with Crippen molar-refractivity contribution in [3.05, 3.63) is 35.4 Å². The molecule has 0 heterocycles. The smallest absolute Gasteiger partial charge is 0.234 e. The Morgan fingerprint density at radius 1 is 1.05 bits per heavy atom. The fourth-order valence-electron chi connectivity index (χ4n) is 1.81. The Morgan fingerprint density at radius 2 is 1.65 bits per heavy atom. The first-order valence-corrected chi connectivity index (χ1v) is 7.49. The summed E-state index contributed by atoms with van der Waals surface area (Å²) in [6, 6.07) is 8.77. The van der Waals surface area contributed by atoms with Crippen molar-refractivity contribution in [3.63, 3.8) is 0 Å². The lowest BCUT2D eigenvalue weighted by Crippen LogP contribution is -2.41. The zero-order valence-electron chi connectivity index (χ0n) is 13.4. The first kappa shape index (κ1) is 16.7. The molecule has 112 valence electrons. The molecule has 0 aliphatic heterocycles. The van der Waals surface area contributed by atoms with Crippen LogP contribution < -0.4 is 10.6 Å². The third-order valence-corrected chi connectivity index (χ3v) is 3.65. The Morgan fingerprint density at radius 3 is 2.15 bits per heavy atom. The zero-order chi connectivity index (χ0) is 15.1. The number of benzene rings is 1. The summed E-state index contributed by atoms with van der Waals surface area (Å²) < 4.78 is 0. The van der Waals surface area contributed by atoms with Gasteiger partial charge in [-0.2, -0.15) is 0 Å². The average molecular weight is 276 g/mol. The lowest BCUT2D eigenvalue weighted by atomic mass is 10.0. The van der Waals surface area contributed by atoms with Crippen LogP contribution in [0.25, 0.3) is 0 Å². The van der Waals surface area contributed by atoms with Crippen molar-refractivity contribution in [3.8, 4) is 0 Å². The van der Waals surface area contributed by atoms with Crippen LogP contribution in [-0.4, -0.2) is 18.5 Å². The Kier molecular flexibility index (Phi) is 6.73. The molecule has 1 atom stereocenters. The number of amides is 1. The van der Waals surface area contributed by atoms with Gasteiger partial charge in [-0.05, 0) is 29.9 Å². The molecule has 3 nitrogen and oxygen atoms in total. The highest BCUT2D eigenvalue weighted by Crippen LogP contribution is 2.14. The minimum atomic E-state index is 0.0602. The molecule has 0 saturated heterocycles. The highest BCUT2D eigenvalue weighted by Gasteiger charge is 2.10. The maximum Gasteiger partial charge on any atom is 0.234 e. The maximum atomic E-state index is 11.7. The molecule has 1 aromatic carbocycles. The molecule has 20 heavy (non-hydrogen) atoms. The van der Waals surface area contributed by atoms with E-state index in [9.17, 15) is 4.79 Å². The van der Waals surface area contributed by atoms with E-state index in [1.807, 2.05) is 6.92 Å². The Bertz CT molecular complexity index is 410. The van der Waals surface area contributed by atoms with Gasteiger partial charge in [0.2, 0.25) is 5.91 Å². The van der Waals surface area contributed by atoms with Crippen molar-refractivity contribution in [2.45, 2.75) is 53.1 Å². The van der Waals surface area contributed by atoms with E-state index < -0.39 is 0 Å². The quantitative estimate of drug-likeness (QED) is 0.803. The van der Waals surface area contributed by atoms with Crippen molar-refractivity contribution in [1.29, 1.82) is 0 Å². The summed E-state index contributed by atoms with van der Waals surface area (Å²) in [4.78, 5) is 11.7. The van der Waals surface area contributed by atoms with Crippen molar-refractivity contribution in [1.82, 2.24) is 10.6 Å². The van der Waals surface area contributed by atoms with E-state index in [1.165, 1.54) is 11.1 Å². The van der Waals surface area contributed by atoms with Crippen LogP contribution in [0.2, 0.25) is 0 Å². The van der Waals surface area contributed by atoms with Gasteiger partial charge in [-0.15, -0.1) is 0 Å². The number of hydrogen-bond acceptors (Lipinski definition) is 2. The molecule has 0 aromatic heterocycles. The van der Waals surface area contributed by atoms with Gasteiger partial charge in [0.15, 0.2) is 0 Å². The first-order chi connectivity index (χ1) is 9.40.